The molecule has 1 aromatic carbocycles. The van der Waals surface area contributed by atoms with Crippen molar-refractivity contribution in [2.24, 2.45) is 0 Å². The minimum atomic E-state index is -3.93. The predicted molar refractivity (Wildman–Crippen MR) is 78.6 cm³/mol. The van der Waals surface area contributed by atoms with Crippen LogP contribution in [0.3, 0.4) is 0 Å². The molecule has 1 aromatic heterocycles. The largest absolute Gasteiger partial charge is 0.297 e. The molecule has 0 saturated carbocycles. The first kappa shape index (κ1) is 16.6. The molecule has 6 nitrogen and oxygen atoms in total. The van der Waals surface area contributed by atoms with Crippen LogP contribution in [0, 0.1) is 13.8 Å². The van der Waals surface area contributed by atoms with Gasteiger partial charge in [-0.15, -0.1) is 5.10 Å². The molecule has 22 heavy (non-hydrogen) atoms. The number of halogens is 1. The maximum absolute atomic E-state index is 13.8. The van der Waals surface area contributed by atoms with E-state index < -0.39 is 22.9 Å². The third-order valence-electron chi connectivity index (χ3n) is 3.04. The van der Waals surface area contributed by atoms with E-state index in [0.717, 1.165) is 11.3 Å². The van der Waals surface area contributed by atoms with Crippen molar-refractivity contribution in [1.82, 2.24) is 15.0 Å². The minimum Gasteiger partial charge on any atom is -0.263 e. The summed E-state index contributed by atoms with van der Waals surface area (Å²) in [6.07, 6.45) is 0.396. The summed E-state index contributed by atoms with van der Waals surface area (Å²) in [7, 11) is -3.93. The number of aromatic nitrogens is 3. The molecular formula is C14H18FN3O3S. The van der Waals surface area contributed by atoms with Gasteiger partial charge < -0.3 is 0 Å². The Hall–Kier alpha value is -1.80. The summed E-state index contributed by atoms with van der Waals surface area (Å²) in [5.74, 6) is 0. The van der Waals surface area contributed by atoms with Crippen molar-refractivity contribution < 1.29 is 17.0 Å². The number of hydrogen-bond donors (Lipinski definition) is 0. The summed E-state index contributed by atoms with van der Waals surface area (Å²) >= 11 is 0. The van der Waals surface area contributed by atoms with Crippen LogP contribution < -0.4 is 0 Å². The fraction of sp³-hybridized carbons (Fsp3) is 0.429. The number of aryl methyl sites for hydroxylation is 3. The van der Waals surface area contributed by atoms with Gasteiger partial charge in [-0.05, 0) is 26.0 Å². The van der Waals surface area contributed by atoms with E-state index in [1.54, 1.807) is 25.3 Å². The van der Waals surface area contributed by atoms with Gasteiger partial charge in [-0.1, -0.05) is 22.9 Å². The van der Waals surface area contributed by atoms with E-state index in [4.69, 9.17) is 4.18 Å². The second-order valence-electron chi connectivity index (χ2n) is 5.06. The number of rotatable bonds is 7. The molecule has 0 radical (unpaired) electrons. The van der Waals surface area contributed by atoms with E-state index in [-0.39, 0.29) is 11.3 Å². The van der Waals surface area contributed by atoms with Gasteiger partial charge in [-0.2, -0.15) is 8.42 Å². The topological polar surface area (TPSA) is 74.1 Å². The summed E-state index contributed by atoms with van der Waals surface area (Å²) in [5, 5.41) is 7.58. The maximum atomic E-state index is 13.8. The van der Waals surface area contributed by atoms with Gasteiger partial charge in [0.05, 0.1) is 17.2 Å². The predicted octanol–water partition coefficient (Wildman–Crippen LogP) is 2.03. The lowest BCUT2D eigenvalue weighted by atomic mass is 10.2. The zero-order chi connectivity index (χ0) is 16.2. The lowest BCUT2D eigenvalue weighted by Crippen LogP contribution is -2.17. The Kier molecular flexibility index (Phi) is 5.25. The average molecular weight is 327 g/mol. The van der Waals surface area contributed by atoms with E-state index in [1.807, 2.05) is 6.92 Å². The third-order valence-corrected chi connectivity index (χ3v) is 4.33. The van der Waals surface area contributed by atoms with Gasteiger partial charge in [0.1, 0.15) is 6.17 Å². The Morgan fingerprint density at radius 2 is 1.95 bits per heavy atom. The monoisotopic (exact) mass is 327 g/mol. The van der Waals surface area contributed by atoms with Crippen LogP contribution in [0.25, 0.3) is 0 Å². The fourth-order valence-electron chi connectivity index (χ4n) is 1.80. The van der Waals surface area contributed by atoms with Crippen LogP contribution in [-0.4, -0.2) is 36.2 Å². The molecule has 2 aromatic rings. The molecule has 1 heterocycles. The third kappa shape index (κ3) is 4.60. The average Bonchev–Trinajstić information content (AvgIpc) is 2.89. The quantitative estimate of drug-likeness (QED) is 0.728. The molecule has 0 N–H and O–H groups in total. The minimum absolute atomic E-state index is 0.0252. The molecule has 1 atom stereocenters. The van der Waals surface area contributed by atoms with Crippen LogP contribution in [0.15, 0.2) is 35.4 Å². The van der Waals surface area contributed by atoms with Crippen molar-refractivity contribution in [1.29, 1.82) is 0 Å². The maximum Gasteiger partial charge on any atom is 0.297 e. The molecule has 0 bridgehead atoms. The summed E-state index contributed by atoms with van der Waals surface area (Å²) in [4.78, 5) is 0.0252. The SMILES string of the molecule is Cc1ccc(S(=O)(=O)OCC(F)CCn2cc(C)nn2)cc1. The zero-order valence-corrected chi connectivity index (χ0v) is 13.3. The van der Waals surface area contributed by atoms with Crippen LogP contribution >= 0.6 is 0 Å². The van der Waals surface area contributed by atoms with Crippen molar-refractivity contribution in [2.75, 3.05) is 6.61 Å². The smallest absolute Gasteiger partial charge is 0.263 e. The molecule has 8 heteroatoms. The lowest BCUT2D eigenvalue weighted by molar-refractivity contribution is 0.184. The first-order valence-corrected chi connectivity index (χ1v) is 8.24. The van der Waals surface area contributed by atoms with Gasteiger partial charge in [0, 0.05) is 19.2 Å². The molecule has 0 aliphatic carbocycles. The van der Waals surface area contributed by atoms with Crippen LogP contribution in [0.1, 0.15) is 17.7 Å². The summed E-state index contributed by atoms with van der Waals surface area (Å²) < 4.78 is 43.8. The molecule has 2 rings (SSSR count). The molecule has 0 saturated heterocycles. The van der Waals surface area contributed by atoms with Gasteiger partial charge in [0.25, 0.3) is 10.1 Å². The Morgan fingerprint density at radius 3 is 2.55 bits per heavy atom. The Morgan fingerprint density at radius 1 is 1.27 bits per heavy atom. The summed E-state index contributed by atoms with van der Waals surface area (Å²) in [5.41, 5.74) is 1.68. The second kappa shape index (κ2) is 6.97. The van der Waals surface area contributed by atoms with Gasteiger partial charge in [0.15, 0.2) is 0 Å². The lowest BCUT2D eigenvalue weighted by Gasteiger charge is -2.09. The number of hydrogen-bond acceptors (Lipinski definition) is 5. The van der Waals surface area contributed by atoms with E-state index in [0.29, 0.717) is 6.54 Å². The zero-order valence-electron chi connectivity index (χ0n) is 12.4. The highest BCUT2D eigenvalue weighted by Gasteiger charge is 2.18. The van der Waals surface area contributed by atoms with Gasteiger partial charge in [-0.3, -0.25) is 8.86 Å². The van der Waals surface area contributed by atoms with Crippen molar-refractivity contribution in [3.63, 3.8) is 0 Å². The molecule has 120 valence electrons. The molecular weight excluding hydrogens is 309 g/mol. The molecule has 1 unspecified atom stereocenters. The first-order chi connectivity index (χ1) is 10.4. The highest BCUT2D eigenvalue weighted by atomic mass is 32.2. The van der Waals surface area contributed by atoms with Crippen LogP contribution in [0.5, 0.6) is 0 Å². The van der Waals surface area contributed by atoms with E-state index in [1.165, 1.54) is 16.8 Å². The van der Waals surface area contributed by atoms with Crippen molar-refractivity contribution in [3.8, 4) is 0 Å². The summed E-state index contributed by atoms with van der Waals surface area (Å²) in [6, 6.07) is 6.21. The van der Waals surface area contributed by atoms with Crippen molar-refractivity contribution in [3.05, 3.63) is 41.7 Å². The molecule has 0 aliphatic heterocycles. The number of nitrogens with zero attached hydrogens (tertiary/aromatic N) is 3. The van der Waals surface area contributed by atoms with Gasteiger partial charge in [0.2, 0.25) is 0 Å². The molecule has 0 fully saturated rings. The Balaban J connectivity index is 1.84. The van der Waals surface area contributed by atoms with Gasteiger partial charge >= 0.3 is 0 Å². The molecule has 0 amide bonds. The Labute approximate surface area is 129 Å². The Bertz CT molecular complexity index is 713. The first-order valence-electron chi connectivity index (χ1n) is 6.84. The highest BCUT2D eigenvalue weighted by Crippen LogP contribution is 2.14. The number of benzene rings is 1. The van der Waals surface area contributed by atoms with Crippen LogP contribution in [0.2, 0.25) is 0 Å². The number of alkyl halides is 1. The van der Waals surface area contributed by atoms with E-state index >= 15 is 0 Å². The summed E-state index contributed by atoms with van der Waals surface area (Å²) in [6.45, 7) is 3.44. The van der Waals surface area contributed by atoms with Gasteiger partial charge in [-0.25, -0.2) is 4.39 Å². The fourth-order valence-corrected chi connectivity index (χ4v) is 2.73. The van der Waals surface area contributed by atoms with Crippen LogP contribution in [0.4, 0.5) is 4.39 Å². The van der Waals surface area contributed by atoms with E-state index in [2.05, 4.69) is 10.3 Å². The normalized spacial score (nSPS) is 13.2. The highest BCUT2D eigenvalue weighted by molar-refractivity contribution is 7.86. The van der Waals surface area contributed by atoms with Crippen LogP contribution in [-0.2, 0) is 20.8 Å². The molecule has 0 aliphatic rings. The van der Waals surface area contributed by atoms with Crippen molar-refractivity contribution in [2.45, 2.75) is 37.9 Å². The van der Waals surface area contributed by atoms with E-state index in [9.17, 15) is 12.8 Å². The van der Waals surface area contributed by atoms with Crippen molar-refractivity contribution >= 4 is 10.1 Å². The second-order valence-corrected chi connectivity index (χ2v) is 6.68. The molecule has 0 spiro atoms. The standard InChI is InChI=1S/C14H18FN3O3S/c1-11-3-5-14(6-4-11)22(19,20)21-10-13(15)7-8-18-9-12(2)16-17-18/h3-6,9,13H,7-8,10H2,1-2H3.